The van der Waals surface area contributed by atoms with Gasteiger partial charge in [0.1, 0.15) is 12.7 Å². The minimum absolute atomic E-state index is 0.206. The lowest BCUT2D eigenvalue weighted by Crippen LogP contribution is -2.77. The van der Waals surface area contributed by atoms with Crippen molar-refractivity contribution in [3.63, 3.8) is 0 Å². The summed E-state index contributed by atoms with van der Waals surface area (Å²) in [6.07, 6.45) is 31.3. The van der Waals surface area contributed by atoms with Gasteiger partial charge in [-0.25, -0.2) is 4.79 Å². The first-order valence-corrected chi connectivity index (χ1v) is 31.0. The molecule has 1 aliphatic heterocycles. The quantitative estimate of drug-likeness (QED) is 0.113. The standard InChI is InChI=1S/C68H94O7/c1-45(16-14-19-48-17-8-5-9-18-48)23-24-57(70)68-58(71)27-31-62(4,61(68)56(75-47(3)69)36-46(2)67(68,73)33-25-49-37-59(72)74-43-49)55-26-32-65-40-51(55)38-50-39-53-22-15-30-64(53)34-35-66(44-64,60(50)65)54(42-65)41-63(28-12-7-13-29-63)52-20-10-6-11-21-52/h5-6,8-11,17-18,20-21,37-38,45-46,51,53-58,60-61,70-71,73H,7,12-16,19,22-36,39-44H2,1-4H3. The predicted octanol–water partition coefficient (Wildman–Crippen LogP) is 14.1. The Morgan fingerprint density at radius 2 is 1.63 bits per heavy atom. The van der Waals surface area contributed by atoms with Crippen molar-refractivity contribution >= 4 is 11.9 Å². The van der Waals surface area contributed by atoms with Gasteiger partial charge in [-0.05, 0) is 226 Å². The van der Waals surface area contributed by atoms with Crippen LogP contribution in [-0.4, -0.2) is 57.8 Å². The molecular weight excluding hydrogens is 929 g/mol. The normalized spacial score (nSPS) is 43.0. The van der Waals surface area contributed by atoms with Crippen molar-refractivity contribution in [1.82, 2.24) is 0 Å². The van der Waals surface area contributed by atoms with Gasteiger partial charge in [-0.2, -0.15) is 0 Å². The smallest absolute Gasteiger partial charge is 0.331 e. The van der Waals surface area contributed by atoms with Crippen LogP contribution < -0.4 is 0 Å². The van der Waals surface area contributed by atoms with Crippen LogP contribution in [0.1, 0.15) is 206 Å². The molecule has 10 aliphatic rings. The second kappa shape index (κ2) is 19.8. The molecule has 8 fully saturated rings. The third kappa shape index (κ3) is 8.46. The molecule has 17 atom stereocenters. The first kappa shape index (κ1) is 52.4. The summed E-state index contributed by atoms with van der Waals surface area (Å²) in [6, 6.07) is 22.5. The number of benzene rings is 2. The number of fused-ring (bicyclic) bond motifs is 2. The average Bonchev–Trinajstić information content (AvgIpc) is 4.35. The minimum Gasteiger partial charge on any atom is -0.462 e. The fourth-order valence-electron chi connectivity index (χ4n) is 22.4. The monoisotopic (exact) mass is 1020 g/mol. The molecule has 7 nitrogen and oxygen atoms in total. The number of hydrogen-bond acceptors (Lipinski definition) is 7. The molecule has 0 aromatic heterocycles. The van der Waals surface area contributed by atoms with Crippen LogP contribution in [0.4, 0.5) is 0 Å². The van der Waals surface area contributed by atoms with E-state index in [1.54, 1.807) is 11.6 Å². The summed E-state index contributed by atoms with van der Waals surface area (Å²) in [5.41, 5.74) is 3.67. The largest absolute Gasteiger partial charge is 0.462 e. The lowest BCUT2D eigenvalue weighted by atomic mass is 9.36. The molecule has 3 N–H and O–H groups in total. The molecule has 7 heteroatoms. The van der Waals surface area contributed by atoms with Gasteiger partial charge in [0.2, 0.25) is 0 Å². The first-order valence-electron chi connectivity index (χ1n) is 31.0. The maximum atomic E-state index is 14.1. The van der Waals surface area contributed by atoms with E-state index in [0.29, 0.717) is 54.3 Å². The van der Waals surface area contributed by atoms with Crippen molar-refractivity contribution in [1.29, 1.82) is 0 Å². The predicted molar refractivity (Wildman–Crippen MR) is 295 cm³/mol. The Bertz CT molecular complexity index is 2480. The van der Waals surface area contributed by atoms with Crippen molar-refractivity contribution in [3.8, 4) is 0 Å². The van der Waals surface area contributed by atoms with Crippen LogP contribution in [0.15, 0.2) is 84.0 Å². The maximum Gasteiger partial charge on any atom is 0.331 e. The second-order valence-electron chi connectivity index (χ2n) is 28.6. The Hall–Kier alpha value is -3.26. The van der Waals surface area contributed by atoms with E-state index >= 15 is 0 Å². The number of carbonyl (C=O) groups excluding carboxylic acids is 2. The van der Waals surface area contributed by atoms with Crippen molar-refractivity contribution in [2.75, 3.05) is 6.61 Å². The van der Waals surface area contributed by atoms with E-state index < -0.39 is 46.6 Å². The highest BCUT2D eigenvalue weighted by atomic mass is 16.5. The minimum atomic E-state index is -1.51. The van der Waals surface area contributed by atoms with E-state index in [4.69, 9.17) is 9.47 Å². The molecule has 3 spiro atoms. The van der Waals surface area contributed by atoms with E-state index in [1.807, 2.05) is 5.57 Å². The van der Waals surface area contributed by atoms with E-state index in [0.717, 1.165) is 55.9 Å². The molecule has 0 saturated heterocycles. The van der Waals surface area contributed by atoms with Crippen LogP contribution in [0.2, 0.25) is 0 Å². The number of esters is 2. The molecule has 4 bridgehead atoms. The van der Waals surface area contributed by atoms with Gasteiger partial charge in [0.15, 0.2) is 0 Å². The summed E-state index contributed by atoms with van der Waals surface area (Å²) < 4.78 is 12.1. The summed E-state index contributed by atoms with van der Waals surface area (Å²) >= 11 is 0. The van der Waals surface area contributed by atoms with Crippen LogP contribution in [-0.2, 0) is 30.9 Å². The Morgan fingerprint density at radius 3 is 2.37 bits per heavy atom. The van der Waals surface area contributed by atoms with Gasteiger partial charge in [-0.1, -0.05) is 125 Å². The Kier molecular flexibility index (Phi) is 13.9. The van der Waals surface area contributed by atoms with Gasteiger partial charge >= 0.3 is 11.9 Å². The van der Waals surface area contributed by atoms with Crippen molar-refractivity contribution in [2.24, 2.45) is 74.4 Å². The average molecular weight is 1020 g/mol. The molecule has 408 valence electrons. The van der Waals surface area contributed by atoms with E-state index in [9.17, 15) is 24.9 Å². The Balaban J connectivity index is 0.921. The van der Waals surface area contributed by atoms with E-state index in [-0.39, 0.29) is 41.7 Å². The highest BCUT2D eigenvalue weighted by molar-refractivity contribution is 5.85. The molecule has 17 unspecified atom stereocenters. The molecule has 1 heterocycles. The molecule has 0 radical (unpaired) electrons. The first-order chi connectivity index (χ1) is 36.1. The number of aryl methyl sites for hydroxylation is 1. The zero-order valence-corrected chi connectivity index (χ0v) is 46.6. The van der Waals surface area contributed by atoms with Gasteiger partial charge in [0.25, 0.3) is 0 Å². The number of rotatable bonds is 16. The van der Waals surface area contributed by atoms with Crippen molar-refractivity contribution < 1.29 is 34.4 Å². The van der Waals surface area contributed by atoms with Crippen LogP contribution in [0.5, 0.6) is 0 Å². The van der Waals surface area contributed by atoms with Gasteiger partial charge in [0.05, 0.1) is 23.2 Å². The zero-order chi connectivity index (χ0) is 52.0. The summed E-state index contributed by atoms with van der Waals surface area (Å²) in [4.78, 5) is 26.0. The highest BCUT2D eigenvalue weighted by Crippen LogP contribution is 2.81. The molecular formula is C68H94O7. The summed E-state index contributed by atoms with van der Waals surface area (Å²) in [5.74, 6) is 1.55. The highest BCUT2D eigenvalue weighted by Gasteiger charge is 2.77. The lowest BCUT2D eigenvalue weighted by Gasteiger charge is -2.71. The third-order valence-corrected chi connectivity index (χ3v) is 25.2. The fraction of sp³-hybridized carbons (Fsp3) is 0.735. The van der Waals surface area contributed by atoms with Crippen LogP contribution in [0.3, 0.4) is 0 Å². The second-order valence-corrected chi connectivity index (χ2v) is 28.6. The van der Waals surface area contributed by atoms with Crippen molar-refractivity contribution in [3.05, 3.63) is 95.1 Å². The Labute approximate surface area is 450 Å². The molecule has 8 saturated carbocycles. The number of allylic oxidation sites excluding steroid dienone is 2. The zero-order valence-electron chi connectivity index (χ0n) is 46.6. The molecule has 12 rings (SSSR count). The van der Waals surface area contributed by atoms with Gasteiger partial charge in [-0.3, -0.25) is 4.79 Å². The molecule has 2 aromatic rings. The van der Waals surface area contributed by atoms with Crippen LogP contribution >= 0.6 is 0 Å². The van der Waals surface area contributed by atoms with Crippen molar-refractivity contribution in [2.45, 2.75) is 230 Å². The fourth-order valence-corrected chi connectivity index (χ4v) is 22.4. The number of ether oxygens (including phenoxy) is 2. The summed E-state index contributed by atoms with van der Waals surface area (Å²) in [5, 5.41) is 40.9. The third-order valence-electron chi connectivity index (χ3n) is 25.2. The molecule has 0 amide bonds. The topological polar surface area (TPSA) is 113 Å². The SMILES string of the molecule is CC(=O)OC1CC(C)C(O)(CCC2=CC(=O)OC2)C2(C(O)CCC(C)CCCc3ccccc3)C(O)CCC(C)(C3CCC45CC3C=C3CC6CCCC67CCC(C7)(C(CC6(c7ccccc7)CCCCC6)C4)C35)C12. The molecule has 75 heavy (non-hydrogen) atoms. The number of cyclic esters (lactones) is 1. The molecule has 9 aliphatic carbocycles. The number of aliphatic hydroxyl groups excluding tert-OH is 2. The van der Waals surface area contributed by atoms with Gasteiger partial charge in [0, 0.05) is 18.9 Å². The van der Waals surface area contributed by atoms with E-state index in [2.05, 4.69) is 87.5 Å². The summed E-state index contributed by atoms with van der Waals surface area (Å²) in [6.45, 7) is 8.55. The van der Waals surface area contributed by atoms with E-state index in [1.165, 1.54) is 115 Å². The van der Waals surface area contributed by atoms with Gasteiger partial charge in [-0.15, -0.1) is 0 Å². The Morgan fingerprint density at radius 1 is 0.853 bits per heavy atom. The number of carbonyl (C=O) groups is 2. The molecule has 2 aromatic carbocycles. The number of aliphatic hydroxyl groups is 3. The van der Waals surface area contributed by atoms with Gasteiger partial charge < -0.3 is 24.8 Å². The van der Waals surface area contributed by atoms with Crippen LogP contribution in [0, 0.1) is 74.4 Å². The lowest BCUT2D eigenvalue weighted by molar-refractivity contribution is -0.329. The summed E-state index contributed by atoms with van der Waals surface area (Å²) in [7, 11) is 0. The van der Waals surface area contributed by atoms with Crippen LogP contribution in [0.25, 0.3) is 0 Å². The number of hydrogen-bond donors (Lipinski definition) is 3. The maximum absolute atomic E-state index is 14.1.